The lowest BCUT2D eigenvalue weighted by Crippen LogP contribution is -2.33. The van der Waals surface area contributed by atoms with E-state index >= 15 is 0 Å². The monoisotopic (exact) mass is 193 g/mol. The molecule has 14 heavy (non-hydrogen) atoms. The Labute approximate surface area is 83.8 Å². The molecule has 1 aliphatic carbocycles. The van der Waals surface area contributed by atoms with E-state index in [9.17, 15) is 4.79 Å². The molecule has 1 heterocycles. The highest BCUT2D eigenvalue weighted by Crippen LogP contribution is 2.28. The summed E-state index contributed by atoms with van der Waals surface area (Å²) < 4.78 is 5.01. The predicted octanol–water partition coefficient (Wildman–Crippen LogP) is 1.02. The standard InChI is InChI=1S/C11H15NO2/c1-2-14-11(13)10-9-6-4-3-5-8(9)7-12-10/h3-4,6,8,10,12H,2,5,7H2,1H3. The summed E-state index contributed by atoms with van der Waals surface area (Å²) in [7, 11) is 0. The molecule has 3 nitrogen and oxygen atoms in total. The highest BCUT2D eigenvalue weighted by Gasteiger charge is 2.35. The second-order valence-electron chi connectivity index (χ2n) is 3.62. The number of esters is 1. The fraction of sp³-hybridized carbons (Fsp3) is 0.545. The normalized spacial score (nSPS) is 29.6. The molecule has 0 radical (unpaired) electrons. The lowest BCUT2D eigenvalue weighted by Gasteiger charge is -2.15. The Kier molecular flexibility index (Phi) is 2.68. The Bertz CT molecular complexity index is 294. The summed E-state index contributed by atoms with van der Waals surface area (Å²) in [6.45, 7) is 3.17. The van der Waals surface area contributed by atoms with E-state index in [1.54, 1.807) is 0 Å². The Balaban J connectivity index is 2.10. The van der Waals surface area contributed by atoms with Crippen molar-refractivity contribution in [3.8, 4) is 0 Å². The van der Waals surface area contributed by atoms with Crippen molar-refractivity contribution in [3.63, 3.8) is 0 Å². The second-order valence-corrected chi connectivity index (χ2v) is 3.62. The fourth-order valence-corrected chi connectivity index (χ4v) is 2.05. The Morgan fingerprint density at radius 1 is 1.71 bits per heavy atom. The lowest BCUT2D eigenvalue weighted by molar-refractivity contribution is -0.144. The Hall–Kier alpha value is -1.09. The van der Waals surface area contributed by atoms with Gasteiger partial charge in [0.25, 0.3) is 0 Å². The molecule has 1 aliphatic heterocycles. The number of carbonyl (C=O) groups excluding carboxylic acids is 1. The molecule has 0 aromatic rings. The van der Waals surface area contributed by atoms with Gasteiger partial charge in [-0.25, -0.2) is 4.79 Å². The predicted molar refractivity (Wildman–Crippen MR) is 53.8 cm³/mol. The van der Waals surface area contributed by atoms with Crippen molar-refractivity contribution < 1.29 is 9.53 Å². The Morgan fingerprint density at radius 3 is 3.36 bits per heavy atom. The van der Waals surface area contributed by atoms with E-state index in [1.807, 2.05) is 19.1 Å². The van der Waals surface area contributed by atoms with E-state index < -0.39 is 0 Å². The lowest BCUT2D eigenvalue weighted by atomic mass is 9.91. The quantitative estimate of drug-likeness (QED) is 0.665. The summed E-state index contributed by atoms with van der Waals surface area (Å²) >= 11 is 0. The summed E-state index contributed by atoms with van der Waals surface area (Å²) in [4.78, 5) is 11.6. The molecule has 1 saturated heterocycles. The van der Waals surface area contributed by atoms with Gasteiger partial charge in [-0.15, -0.1) is 0 Å². The first-order valence-corrected chi connectivity index (χ1v) is 5.09. The van der Waals surface area contributed by atoms with Crippen LogP contribution in [0.15, 0.2) is 23.8 Å². The maximum Gasteiger partial charge on any atom is 0.327 e. The number of rotatable bonds is 2. The van der Waals surface area contributed by atoms with Gasteiger partial charge in [-0.05, 0) is 24.8 Å². The molecule has 1 N–H and O–H groups in total. The largest absolute Gasteiger partial charge is 0.465 e. The molecule has 2 rings (SSSR count). The molecular weight excluding hydrogens is 178 g/mol. The molecular formula is C11H15NO2. The first-order valence-electron chi connectivity index (χ1n) is 5.09. The molecule has 0 aromatic heterocycles. The van der Waals surface area contributed by atoms with Crippen molar-refractivity contribution in [2.24, 2.45) is 5.92 Å². The highest BCUT2D eigenvalue weighted by atomic mass is 16.5. The number of hydrogen-bond acceptors (Lipinski definition) is 3. The number of ether oxygens (including phenoxy) is 1. The van der Waals surface area contributed by atoms with Crippen LogP contribution in [0.4, 0.5) is 0 Å². The maximum absolute atomic E-state index is 11.6. The number of nitrogens with one attached hydrogen (secondary N) is 1. The summed E-state index contributed by atoms with van der Waals surface area (Å²) in [6.07, 6.45) is 7.24. The zero-order chi connectivity index (χ0) is 9.97. The minimum absolute atomic E-state index is 0.142. The van der Waals surface area contributed by atoms with Gasteiger partial charge >= 0.3 is 5.97 Å². The van der Waals surface area contributed by atoms with Crippen LogP contribution in [0.2, 0.25) is 0 Å². The van der Waals surface area contributed by atoms with E-state index in [4.69, 9.17) is 4.74 Å². The van der Waals surface area contributed by atoms with Crippen molar-refractivity contribution in [3.05, 3.63) is 23.8 Å². The van der Waals surface area contributed by atoms with Gasteiger partial charge in [0.2, 0.25) is 0 Å². The molecule has 0 bridgehead atoms. The van der Waals surface area contributed by atoms with Crippen LogP contribution < -0.4 is 5.32 Å². The molecule has 1 fully saturated rings. The van der Waals surface area contributed by atoms with Crippen LogP contribution in [0.25, 0.3) is 0 Å². The van der Waals surface area contributed by atoms with Gasteiger partial charge < -0.3 is 10.1 Å². The van der Waals surface area contributed by atoms with Crippen LogP contribution in [0, 0.1) is 5.92 Å². The van der Waals surface area contributed by atoms with Gasteiger partial charge in [0.05, 0.1) is 6.61 Å². The summed E-state index contributed by atoms with van der Waals surface area (Å²) in [5.41, 5.74) is 1.19. The highest BCUT2D eigenvalue weighted by molar-refractivity contribution is 5.80. The molecule has 76 valence electrons. The van der Waals surface area contributed by atoms with Crippen molar-refractivity contribution >= 4 is 5.97 Å². The van der Waals surface area contributed by atoms with Crippen molar-refractivity contribution in [2.45, 2.75) is 19.4 Å². The zero-order valence-corrected chi connectivity index (χ0v) is 8.32. The van der Waals surface area contributed by atoms with Gasteiger partial charge in [-0.2, -0.15) is 0 Å². The van der Waals surface area contributed by atoms with Gasteiger partial charge in [0, 0.05) is 6.54 Å². The van der Waals surface area contributed by atoms with E-state index in [0.29, 0.717) is 12.5 Å². The van der Waals surface area contributed by atoms with E-state index in [0.717, 1.165) is 13.0 Å². The third-order valence-corrected chi connectivity index (χ3v) is 2.74. The topological polar surface area (TPSA) is 38.3 Å². The van der Waals surface area contributed by atoms with Crippen LogP contribution in [-0.4, -0.2) is 25.2 Å². The van der Waals surface area contributed by atoms with Crippen molar-refractivity contribution in [1.29, 1.82) is 0 Å². The molecule has 0 saturated carbocycles. The fourth-order valence-electron chi connectivity index (χ4n) is 2.05. The SMILES string of the molecule is CCOC(=O)C1NCC2CC=CC=C21. The molecule has 0 spiro atoms. The van der Waals surface area contributed by atoms with E-state index in [2.05, 4.69) is 11.4 Å². The van der Waals surface area contributed by atoms with Gasteiger partial charge in [-0.1, -0.05) is 18.2 Å². The second kappa shape index (κ2) is 3.96. The maximum atomic E-state index is 11.6. The summed E-state index contributed by atoms with van der Waals surface area (Å²) in [5.74, 6) is 0.353. The van der Waals surface area contributed by atoms with Gasteiger partial charge in [-0.3, -0.25) is 0 Å². The van der Waals surface area contributed by atoms with Gasteiger partial charge in [0.15, 0.2) is 0 Å². The molecule has 2 atom stereocenters. The zero-order valence-electron chi connectivity index (χ0n) is 8.32. The number of carbonyl (C=O) groups is 1. The number of allylic oxidation sites excluding steroid dienone is 3. The number of hydrogen-bond donors (Lipinski definition) is 1. The average Bonchev–Trinajstić information content (AvgIpc) is 2.61. The Morgan fingerprint density at radius 2 is 2.57 bits per heavy atom. The van der Waals surface area contributed by atoms with Gasteiger partial charge in [0.1, 0.15) is 6.04 Å². The average molecular weight is 193 g/mol. The number of fused-ring (bicyclic) bond motifs is 1. The molecule has 3 heteroatoms. The summed E-state index contributed by atoms with van der Waals surface area (Å²) in [5, 5.41) is 3.20. The van der Waals surface area contributed by atoms with Crippen molar-refractivity contribution in [1.82, 2.24) is 5.32 Å². The van der Waals surface area contributed by atoms with E-state index in [1.165, 1.54) is 5.57 Å². The minimum Gasteiger partial charge on any atom is -0.465 e. The van der Waals surface area contributed by atoms with E-state index in [-0.39, 0.29) is 12.0 Å². The first-order chi connectivity index (χ1) is 6.83. The summed E-state index contributed by atoms with van der Waals surface area (Å²) in [6, 6.07) is -0.204. The molecule has 0 aromatic carbocycles. The first kappa shape index (κ1) is 9.46. The van der Waals surface area contributed by atoms with Crippen molar-refractivity contribution in [2.75, 3.05) is 13.2 Å². The minimum atomic E-state index is -0.204. The van der Waals surface area contributed by atoms with Crippen LogP contribution in [0.1, 0.15) is 13.3 Å². The third-order valence-electron chi connectivity index (χ3n) is 2.74. The van der Waals surface area contributed by atoms with Crippen LogP contribution >= 0.6 is 0 Å². The third kappa shape index (κ3) is 1.60. The smallest absolute Gasteiger partial charge is 0.327 e. The van der Waals surface area contributed by atoms with Crippen LogP contribution in [0.3, 0.4) is 0 Å². The molecule has 0 amide bonds. The van der Waals surface area contributed by atoms with Crippen LogP contribution in [0.5, 0.6) is 0 Å². The molecule has 2 unspecified atom stereocenters. The molecule has 2 aliphatic rings. The van der Waals surface area contributed by atoms with Crippen LogP contribution in [-0.2, 0) is 9.53 Å².